The first kappa shape index (κ1) is 19.0. The van der Waals surface area contributed by atoms with Crippen molar-refractivity contribution >= 4 is 17.5 Å². The van der Waals surface area contributed by atoms with E-state index in [2.05, 4.69) is 10.2 Å². The number of methoxy groups -OCH3 is 1. The maximum Gasteiger partial charge on any atom is 0.191 e. The van der Waals surface area contributed by atoms with E-state index >= 15 is 0 Å². The summed E-state index contributed by atoms with van der Waals surface area (Å²) in [6, 6.07) is 16.7. The molecule has 0 aliphatic carbocycles. The van der Waals surface area contributed by atoms with Gasteiger partial charge in [-0.05, 0) is 43.3 Å². The molecule has 0 bridgehead atoms. The fourth-order valence-electron chi connectivity index (χ4n) is 2.51. The van der Waals surface area contributed by atoms with Crippen molar-refractivity contribution in [3.63, 3.8) is 0 Å². The first-order valence-electron chi connectivity index (χ1n) is 8.61. The van der Waals surface area contributed by atoms with Crippen molar-refractivity contribution in [3.05, 3.63) is 66.0 Å². The van der Waals surface area contributed by atoms with Gasteiger partial charge in [-0.25, -0.2) is 0 Å². The quantitative estimate of drug-likeness (QED) is 0.413. The third-order valence-corrected chi connectivity index (χ3v) is 4.93. The van der Waals surface area contributed by atoms with Gasteiger partial charge >= 0.3 is 0 Å². The van der Waals surface area contributed by atoms with Crippen LogP contribution in [-0.4, -0.2) is 33.4 Å². The molecule has 0 aliphatic rings. The molecule has 0 amide bonds. The molecule has 1 aromatic heterocycles. The smallest absolute Gasteiger partial charge is 0.191 e. The van der Waals surface area contributed by atoms with Gasteiger partial charge in [0.15, 0.2) is 16.8 Å². The van der Waals surface area contributed by atoms with Gasteiger partial charge in [-0.15, -0.1) is 10.2 Å². The molecule has 140 valence electrons. The van der Waals surface area contributed by atoms with Crippen LogP contribution < -0.4 is 9.47 Å². The van der Waals surface area contributed by atoms with Crippen LogP contribution in [0.4, 0.5) is 0 Å². The molecule has 0 N–H and O–H groups in total. The number of ether oxygens (including phenoxy) is 2. The monoisotopic (exact) mass is 383 g/mol. The van der Waals surface area contributed by atoms with Gasteiger partial charge in [0.1, 0.15) is 18.1 Å². The third-order valence-electron chi connectivity index (χ3n) is 3.97. The highest BCUT2D eigenvalue weighted by Gasteiger charge is 2.14. The number of benzene rings is 2. The minimum Gasteiger partial charge on any atom is -0.497 e. The van der Waals surface area contributed by atoms with Crippen molar-refractivity contribution in [1.82, 2.24) is 14.8 Å². The van der Waals surface area contributed by atoms with Crippen molar-refractivity contribution in [2.75, 3.05) is 12.9 Å². The Morgan fingerprint density at radius 1 is 1.04 bits per heavy atom. The minimum absolute atomic E-state index is 0.0374. The third kappa shape index (κ3) is 4.89. The Bertz CT molecular complexity index is 879. The number of carbonyl (C=O) groups excluding carboxylic acids is 1. The van der Waals surface area contributed by atoms with Crippen molar-refractivity contribution < 1.29 is 14.3 Å². The number of thioether (sulfide) groups is 1. The molecule has 6 nitrogen and oxygen atoms in total. The molecule has 1 heterocycles. The molecule has 0 radical (unpaired) electrons. The number of Topliss-reactive ketones (excluding diaryl/α,β-unsaturated/α-hetero) is 1. The predicted molar refractivity (Wildman–Crippen MR) is 105 cm³/mol. The summed E-state index contributed by atoms with van der Waals surface area (Å²) in [7, 11) is 1.60. The van der Waals surface area contributed by atoms with Crippen LogP contribution in [0.2, 0.25) is 0 Å². The number of carbonyl (C=O) groups is 1. The second-order valence-electron chi connectivity index (χ2n) is 5.69. The Kier molecular flexibility index (Phi) is 6.49. The van der Waals surface area contributed by atoms with Crippen LogP contribution >= 0.6 is 11.8 Å². The van der Waals surface area contributed by atoms with Crippen molar-refractivity contribution in [2.24, 2.45) is 0 Å². The summed E-state index contributed by atoms with van der Waals surface area (Å²) >= 11 is 1.38. The van der Waals surface area contributed by atoms with Gasteiger partial charge in [0, 0.05) is 12.1 Å². The lowest BCUT2D eigenvalue weighted by molar-refractivity contribution is 0.102. The Morgan fingerprint density at radius 3 is 2.44 bits per heavy atom. The molecule has 0 spiro atoms. The van der Waals surface area contributed by atoms with Gasteiger partial charge in [0.25, 0.3) is 0 Å². The summed E-state index contributed by atoms with van der Waals surface area (Å²) in [5, 5.41) is 9.14. The number of ketones is 1. The van der Waals surface area contributed by atoms with E-state index in [0.29, 0.717) is 29.6 Å². The van der Waals surface area contributed by atoms with E-state index in [0.717, 1.165) is 17.3 Å². The molecule has 0 unspecified atom stereocenters. The van der Waals surface area contributed by atoms with Crippen LogP contribution in [0.5, 0.6) is 11.5 Å². The van der Waals surface area contributed by atoms with Crippen molar-refractivity contribution in [1.29, 1.82) is 0 Å². The fourth-order valence-corrected chi connectivity index (χ4v) is 3.42. The average Bonchev–Trinajstić information content (AvgIpc) is 3.13. The van der Waals surface area contributed by atoms with Crippen LogP contribution in [0, 0.1) is 0 Å². The summed E-state index contributed by atoms with van der Waals surface area (Å²) < 4.78 is 12.8. The van der Waals surface area contributed by atoms with Gasteiger partial charge in [-0.2, -0.15) is 0 Å². The molecule has 0 fully saturated rings. The molecular formula is C20H21N3O3S. The second kappa shape index (κ2) is 9.23. The standard InChI is InChI=1S/C20H21N3O3S/c1-3-23-19(13-26-17-7-5-4-6-8-17)21-22-20(23)27-14-18(24)15-9-11-16(25-2)12-10-15/h4-12H,3,13-14H2,1-2H3. The van der Waals surface area contributed by atoms with Crippen LogP contribution in [0.25, 0.3) is 0 Å². The lowest BCUT2D eigenvalue weighted by Crippen LogP contribution is -2.08. The van der Waals surface area contributed by atoms with Gasteiger partial charge < -0.3 is 14.0 Å². The number of para-hydroxylation sites is 1. The summed E-state index contributed by atoms with van der Waals surface area (Å²) in [5.74, 6) is 2.58. The zero-order chi connectivity index (χ0) is 19.1. The summed E-state index contributed by atoms with van der Waals surface area (Å²) in [6.07, 6.45) is 0. The molecular weight excluding hydrogens is 362 g/mol. The summed E-state index contributed by atoms with van der Waals surface area (Å²) in [6.45, 7) is 3.06. The molecule has 0 saturated heterocycles. The molecule has 0 saturated carbocycles. The number of nitrogens with zero attached hydrogens (tertiary/aromatic N) is 3. The van der Waals surface area contributed by atoms with Crippen LogP contribution in [0.3, 0.4) is 0 Å². The zero-order valence-corrected chi connectivity index (χ0v) is 16.1. The molecule has 27 heavy (non-hydrogen) atoms. The molecule has 2 aromatic carbocycles. The van der Waals surface area contributed by atoms with Crippen LogP contribution in [-0.2, 0) is 13.2 Å². The predicted octanol–water partition coefficient (Wildman–Crippen LogP) is 3.86. The van der Waals surface area contributed by atoms with Gasteiger partial charge in [0.2, 0.25) is 0 Å². The van der Waals surface area contributed by atoms with E-state index in [9.17, 15) is 4.79 Å². The zero-order valence-electron chi connectivity index (χ0n) is 15.3. The Balaban J connectivity index is 1.61. The number of aromatic nitrogens is 3. The van der Waals surface area contributed by atoms with E-state index in [4.69, 9.17) is 9.47 Å². The van der Waals surface area contributed by atoms with Crippen molar-refractivity contribution in [3.8, 4) is 11.5 Å². The number of hydrogen-bond acceptors (Lipinski definition) is 6. The maximum atomic E-state index is 12.4. The number of hydrogen-bond donors (Lipinski definition) is 0. The largest absolute Gasteiger partial charge is 0.497 e. The average molecular weight is 383 g/mol. The summed E-state index contributed by atoms with van der Waals surface area (Å²) in [4.78, 5) is 12.4. The topological polar surface area (TPSA) is 66.2 Å². The lowest BCUT2D eigenvalue weighted by atomic mass is 10.1. The Labute approximate surface area is 162 Å². The first-order valence-corrected chi connectivity index (χ1v) is 9.59. The first-order chi connectivity index (χ1) is 13.2. The highest BCUT2D eigenvalue weighted by molar-refractivity contribution is 7.99. The highest BCUT2D eigenvalue weighted by atomic mass is 32.2. The fraction of sp³-hybridized carbons (Fsp3) is 0.250. The van der Waals surface area contributed by atoms with Crippen LogP contribution in [0.15, 0.2) is 59.8 Å². The second-order valence-corrected chi connectivity index (χ2v) is 6.63. The van der Waals surface area contributed by atoms with Crippen molar-refractivity contribution in [2.45, 2.75) is 25.2 Å². The Morgan fingerprint density at radius 2 is 1.78 bits per heavy atom. The van der Waals surface area contributed by atoms with E-state index in [1.807, 2.05) is 41.8 Å². The van der Waals surface area contributed by atoms with E-state index in [-0.39, 0.29) is 5.78 Å². The molecule has 3 aromatic rings. The van der Waals surface area contributed by atoms with E-state index < -0.39 is 0 Å². The Hall–Kier alpha value is -2.80. The summed E-state index contributed by atoms with van der Waals surface area (Å²) in [5.41, 5.74) is 0.651. The van der Waals surface area contributed by atoms with Crippen LogP contribution in [0.1, 0.15) is 23.1 Å². The molecule has 3 rings (SSSR count). The molecule has 0 atom stereocenters. The van der Waals surface area contributed by atoms with Gasteiger partial charge in [0.05, 0.1) is 12.9 Å². The van der Waals surface area contributed by atoms with Gasteiger partial charge in [-0.1, -0.05) is 30.0 Å². The number of rotatable bonds is 9. The minimum atomic E-state index is 0.0374. The van der Waals surface area contributed by atoms with E-state index in [1.54, 1.807) is 31.4 Å². The molecule has 0 aliphatic heterocycles. The normalized spacial score (nSPS) is 10.6. The highest BCUT2D eigenvalue weighted by Crippen LogP contribution is 2.20. The SMILES string of the molecule is CCn1c(COc2ccccc2)nnc1SCC(=O)c1ccc(OC)cc1. The lowest BCUT2D eigenvalue weighted by Gasteiger charge is -2.08. The van der Waals surface area contributed by atoms with Gasteiger partial charge in [-0.3, -0.25) is 4.79 Å². The maximum absolute atomic E-state index is 12.4. The molecule has 7 heteroatoms. The van der Waals surface area contributed by atoms with E-state index in [1.165, 1.54) is 11.8 Å².